The highest BCUT2D eigenvalue weighted by atomic mass is 127. The van der Waals surface area contributed by atoms with Crippen molar-refractivity contribution in [2.24, 2.45) is 0 Å². The van der Waals surface area contributed by atoms with E-state index in [2.05, 4.69) is 65.6 Å². The van der Waals surface area contributed by atoms with Crippen LogP contribution in [0.5, 0.6) is 0 Å². The number of halogens is 1. The molecular formula is C13H11I. The summed E-state index contributed by atoms with van der Waals surface area (Å²) in [4.78, 5) is 0. The lowest BCUT2D eigenvalue weighted by atomic mass is 10.00. The summed E-state index contributed by atoms with van der Waals surface area (Å²) in [5.74, 6) is 0. The Hall–Kier alpha value is -0.830. The summed E-state index contributed by atoms with van der Waals surface area (Å²) in [6.07, 6.45) is 1.95. The molecule has 0 aliphatic carbocycles. The SMILES string of the molecule is C=Cc1c(CI)ccc2ccccc12. The molecule has 0 spiro atoms. The Labute approximate surface area is 97.8 Å². The van der Waals surface area contributed by atoms with Crippen LogP contribution in [0.15, 0.2) is 43.0 Å². The van der Waals surface area contributed by atoms with Gasteiger partial charge in [-0.3, -0.25) is 0 Å². The fourth-order valence-electron chi connectivity index (χ4n) is 1.70. The maximum atomic E-state index is 3.89. The van der Waals surface area contributed by atoms with Crippen molar-refractivity contribution in [3.63, 3.8) is 0 Å². The number of hydrogen-bond acceptors (Lipinski definition) is 0. The summed E-state index contributed by atoms with van der Waals surface area (Å²) in [5, 5.41) is 2.59. The van der Waals surface area contributed by atoms with Crippen molar-refractivity contribution < 1.29 is 0 Å². The fourth-order valence-corrected chi connectivity index (χ4v) is 2.36. The van der Waals surface area contributed by atoms with Gasteiger partial charge in [0.05, 0.1) is 0 Å². The first-order valence-electron chi connectivity index (χ1n) is 4.56. The molecule has 0 nitrogen and oxygen atoms in total. The lowest BCUT2D eigenvalue weighted by molar-refractivity contribution is 1.46. The Morgan fingerprint density at radius 3 is 2.64 bits per heavy atom. The summed E-state index contributed by atoms with van der Waals surface area (Å²) in [5.41, 5.74) is 2.64. The minimum absolute atomic E-state index is 1.03. The van der Waals surface area contributed by atoms with Crippen molar-refractivity contribution in [3.8, 4) is 0 Å². The normalized spacial score (nSPS) is 10.4. The molecule has 0 atom stereocenters. The van der Waals surface area contributed by atoms with E-state index in [4.69, 9.17) is 0 Å². The highest BCUT2D eigenvalue weighted by molar-refractivity contribution is 14.1. The van der Waals surface area contributed by atoms with Gasteiger partial charge >= 0.3 is 0 Å². The van der Waals surface area contributed by atoms with Gasteiger partial charge in [0.25, 0.3) is 0 Å². The second kappa shape index (κ2) is 4.13. The fraction of sp³-hybridized carbons (Fsp3) is 0.0769. The van der Waals surface area contributed by atoms with Crippen LogP contribution < -0.4 is 0 Å². The van der Waals surface area contributed by atoms with Gasteiger partial charge in [-0.2, -0.15) is 0 Å². The zero-order chi connectivity index (χ0) is 9.97. The van der Waals surface area contributed by atoms with E-state index in [1.807, 2.05) is 6.08 Å². The van der Waals surface area contributed by atoms with Crippen LogP contribution in [0.2, 0.25) is 0 Å². The summed E-state index contributed by atoms with van der Waals surface area (Å²) in [6, 6.07) is 12.8. The number of benzene rings is 2. The molecule has 0 fully saturated rings. The largest absolute Gasteiger partial charge is 0.0984 e. The lowest BCUT2D eigenvalue weighted by Gasteiger charge is -2.06. The Balaban J connectivity index is 2.83. The third kappa shape index (κ3) is 1.57. The van der Waals surface area contributed by atoms with Gasteiger partial charge in [-0.15, -0.1) is 0 Å². The van der Waals surface area contributed by atoms with Gasteiger partial charge in [0.2, 0.25) is 0 Å². The van der Waals surface area contributed by atoms with Gasteiger partial charge in [0.15, 0.2) is 0 Å². The molecule has 0 radical (unpaired) electrons. The highest BCUT2D eigenvalue weighted by Crippen LogP contribution is 2.24. The molecule has 70 valence electrons. The van der Waals surface area contributed by atoms with E-state index in [0.717, 1.165) is 4.43 Å². The second-order valence-electron chi connectivity index (χ2n) is 3.20. The summed E-state index contributed by atoms with van der Waals surface area (Å²) in [6.45, 7) is 3.89. The average molecular weight is 294 g/mol. The van der Waals surface area contributed by atoms with Crippen LogP contribution >= 0.6 is 22.6 Å². The summed E-state index contributed by atoms with van der Waals surface area (Å²) in [7, 11) is 0. The smallest absolute Gasteiger partial charge is 0.0253 e. The minimum Gasteiger partial charge on any atom is -0.0984 e. The van der Waals surface area contributed by atoms with Gasteiger partial charge in [0, 0.05) is 4.43 Å². The Kier molecular flexibility index (Phi) is 2.87. The number of hydrogen-bond donors (Lipinski definition) is 0. The molecule has 0 aliphatic heterocycles. The predicted octanol–water partition coefficient (Wildman–Crippen LogP) is 4.42. The standard InChI is InChI=1S/C13H11I/c1-2-12-11(9-14)8-7-10-5-3-4-6-13(10)12/h2-8H,1,9H2. The van der Waals surface area contributed by atoms with Crippen molar-refractivity contribution in [2.45, 2.75) is 4.43 Å². The maximum Gasteiger partial charge on any atom is 0.0253 e. The van der Waals surface area contributed by atoms with Crippen LogP contribution in [0.3, 0.4) is 0 Å². The van der Waals surface area contributed by atoms with E-state index >= 15 is 0 Å². The Bertz CT molecular complexity index is 472. The number of fused-ring (bicyclic) bond motifs is 1. The zero-order valence-corrected chi connectivity index (χ0v) is 9.99. The molecule has 2 aromatic carbocycles. The first kappa shape index (κ1) is 9.71. The number of alkyl halides is 1. The predicted molar refractivity (Wildman–Crippen MR) is 71.8 cm³/mol. The van der Waals surface area contributed by atoms with Crippen LogP contribution in [-0.4, -0.2) is 0 Å². The molecule has 0 saturated heterocycles. The van der Waals surface area contributed by atoms with E-state index in [9.17, 15) is 0 Å². The third-order valence-corrected chi connectivity index (χ3v) is 3.23. The van der Waals surface area contributed by atoms with Crippen LogP contribution in [-0.2, 0) is 4.43 Å². The quantitative estimate of drug-likeness (QED) is 0.568. The van der Waals surface area contributed by atoms with E-state index in [1.165, 1.54) is 21.9 Å². The monoisotopic (exact) mass is 294 g/mol. The van der Waals surface area contributed by atoms with Crippen molar-refractivity contribution in [1.82, 2.24) is 0 Å². The molecule has 0 N–H and O–H groups in total. The van der Waals surface area contributed by atoms with E-state index in [-0.39, 0.29) is 0 Å². The van der Waals surface area contributed by atoms with E-state index < -0.39 is 0 Å². The molecule has 2 rings (SSSR count). The van der Waals surface area contributed by atoms with Crippen molar-refractivity contribution >= 4 is 39.4 Å². The van der Waals surface area contributed by atoms with E-state index in [1.54, 1.807) is 0 Å². The second-order valence-corrected chi connectivity index (χ2v) is 3.96. The van der Waals surface area contributed by atoms with Gasteiger partial charge < -0.3 is 0 Å². The molecule has 0 aromatic heterocycles. The van der Waals surface area contributed by atoms with Crippen LogP contribution in [0, 0.1) is 0 Å². The molecule has 0 heterocycles. The minimum atomic E-state index is 1.03. The maximum absolute atomic E-state index is 3.89. The van der Waals surface area contributed by atoms with Gasteiger partial charge in [0.1, 0.15) is 0 Å². The first-order chi connectivity index (χ1) is 6.86. The molecular weight excluding hydrogens is 283 g/mol. The lowest BCUT2D eigenvalue weighted by Crippen LogP contribution is -1.86. The Morgan fingerprint density at radius 1 is 1.14 bits per heavy atom. The van der Waals surface area contributed by atoms with Gasteiger partial charge in [-0.1, -0.05) is 71.6 Å². The van der Waals surface area contributed by atoms with Crippen LogP contribution in [0.25, 0.3) is 16.8 Å². The van der Waals surface area contributed by atoms with Gasteiger partial charge in [-0.25, -0.2) is 0 Å². The first-order valence-corrected chi connectivity index (χ1v) is 6.08. The molecule has 0 saturated carbocycles. The van der Waals surface area contributed by atoms with Gasteiger partial charge in [-0.05, 0) is 21.9 Å². The van der Waals surface area contributed by atoms with Crippen LogP contribution in [0.1, 0.15) is 11.1 Å². The Morgan fingerprint density at radius 2 is 1.93 bits per heavy atom. The number of rotatable bonds is 2. The molecule has 0 unspecified atom stereocenters. The topological polar surface area (TPSA) is 0 Å². The molecule has 2 aromatic rings. The highest BCUT2D eigenvalue weighted by Gasteiger charge is 2.02. The third-order valence-electron chi connectivity index (χ3n) is 2.41. The van der Waals surface area contributed by atoms with Crippen LogP contribution in [0.4, 0.5) is 0 Å². The molecule has 0 aliphatic rings. The van der Waals surface area contributed by atoms with E-state index in [0.29, 0.717) is 0 Å². The average Bonchev–Trinajstić information content (AvgIpc) is 2.27. The molecule has 14 heavy (non-hydrogen) atoms. The van der Waals surface area contributed by atoms with Crippen molar-refractivity contribution in [3.05, 3.63) is 54.1 Å². The zero-order valence-electron chi connectivity index (χ0n) is 7.83. The van der Waals surface area contributed by atoms with Crippen molar-refractivity contribution in [2.75, 3.05) is 0 Å². The summed E-state index contributed by atoms with van der Waals surface area (Å²) >= 11 is 2.39. The van der Waals surface area contributed by atoms with Crippen molar-refractivity contribution in [1.29, 1.82) is 0 Å². The summed E-state index contributed by atoms with van der Waals surface area (Å²) < 4.78 is 1.03. The molecule has 0 bridgehead atoms. The molecule has 0 amide bonds. The molecule has 1 heteroatoms.